The molecule has 0 unspecified atom stereocenters. The first-order chi connectivity index (χ1) is 16.2. The molecule has 3 fully saturated rings. The molecule has 0 saturated carbocycles. The molecule has 1 aromatic carbocycles. The maximum absolute atomic E-state index is 14.7. The molecule has 34 heavy (non-hydrogen) atoms. The van der Waals surface area contributed by atoms with Gasteiger partial charge in [-0.15, -0.1) is 0 Å². The summed E-state index contributed by atoms with van der Waals surface area (Å²) < 4.78 is 64.9. The molecule has 3 saturated heterocycles. The number of hydrogen-bond donors (Lipinski definition) is 1. The normalized spacial score (nSPS) is 20.0. The highest BCUT2D eigenvalue weighted by Crippen LogP contribution is 2.40. The van der Waals surface area contributed by atoms with E-state index in [4.69, 9.17) is 9.15 Å². The molecule has 184 valence electrons. The summed E-state index contributed by atoms with van der Waals surface area (Å²) in [5.41, 5.74) is 0.104. The van der Waals surface area contributed by atoms with Crippen molar-refractivity contribution in [2.24, 2.45) is 5.41 Å². The Kier molecular flexibility index (Phi) is 5.91. The third-order valence-corrected chi connectivity index (χ3v) is 6.69. The van der Waals surface area contributed by atoms with Crippen molar-refractivity contribution in [3.63, 3.8) is 0 Å². The molecule has 0 radical (unpaired) electrons. The van der Waals surface area contributed by atoms with Gasteiger partial charge in [0.2, 0.25) is 0 Å². The molecule has 1 amide bonds. The summed E-state index contributed by atoms with van der Waals surface area (Å²) in [7, 11) is 0. The Balaban J connectivity index is 1.35. The number of piperidine rings is 1. The Labute approximate surface area is 194 Å². The smallest absolute Gasteiger partial charge is 0.396 e. The SMILES string of the molecule is O=C(Nc1ccc(N2CCCCC2)c(F)c1)c1nc(N2CCC3(COC3)C2)oc1CC(F)(F)F. The molecular weight excluding hydrogens is 456 g/mol. The lowest BCUT2D eigenvalue weighted by molar-refractivity contribution is -0.130. The van der Waals surface area contributed by atoms with Crippen LogP contribution in [0.1, 0.15) is 41.9 Å². The van der Waals surface area contributed by atoms with Crippen LogP contribution in [-0.4, -0.2) is 56.5 Å². The van der Waals surface area contributed by atoms with Gasteiger partial charge in [0.1, 0.15) is 18.0 Å². The Morgan fingerprint density at radius 1 is 1.12 bits per heavy atom. The highest BCUT2D eigenvalue weighted by atomic mass is 19.4. The highest BCUT2D eigenvalue weighted by Gasteiger charge is 2.46. The largest absolute Gasteiger partial charge is 0.427 e. The van der Waals surface area contributed by atoms with Crippen LogP contribution in [0.25, 0.3) is 0 Å². The lowest BCUT2D eigenvalue weighted by atomic mass is 9.85. The maximum atomic E-state index is 14.7. The van der Waals surface area contributed by atoms with E-state index in [1.165, 1.54) is 12.1 Å². The van der Waals surface area contributed by atoms with Crippen molar-refractivity contribution < 1.29 is 31.5 Å². The van der Waals surface area contributed by atoms with E-state index in [0.717, 1.165) is 38.8 Å². The predicted octanol–water partition coefficient (Wildman–Crippen LogP) is 4.39. The average molecular weight is 482 g/mol. The highest BCUT2D eigenvalue weighted by molar-refractivity contribution is 6.03. The van der Waals surface area contributed by atoms with Crippen LogP contribution in [0.15, 0.2) is 22.6 Å². The summed E-state index contributed by atoms with van der Waals surface area (Å²) in [4.78, 5) is 20.7. The van der Waals surface area contributed by atoms with Crippen LogP contribution in [0, 0.1) is 11.2 Å². The summed E-state index contributed by atoms with van der Waals surface area (Å²) >= 11 is 0. The second-order valence-electron chi connectivity index (χ2n) is 9.39. The van der Waals surface area contributed by atoms with E-state index in [2.05, 4.69) is 10.3 Å². The molecule has 0 atom stereocenters. The van der Waals surface area contributed by atoms with E-state index in [-0.39, 0.29) is 17.1 Å². The second-order valence-corrected chi connectivity index (χ2v) is 9.39. The Morgan fingerprint density at radius 2 is 1.88 bits per heavy atom. The first-order valence-electron chi connectivity index (χ1n) is 11.5. The molecule has 0 aliphatic carbocycles. The molecule has 2 aromatic rings. The number of ether oxygens (including phenoxy) is 1. The van der Waals surface area contributed by atoms with Gasteiger partial charge < -0.3 is 24.3 Å². The number of rotatable bonds is 5. The molecule has 4 heterocycles. The maximum Gasteiger partial charge on any atom is 0.396 e. The molecule has 0 bridgehead atoms. The number of alkyl halides is 3. The van der Waals surface area contributed by atoms with Gasteiger partial charge in [-0.1, -0.05) is 0 Å². The van der Waals surface area contributed by atoms with Gasteiger partial charge in [-0.05, 0) is 43.9 Å². The minimum Gasteiger partial charge on any atom is -0.427 e. The summed E-state index contributed by atoms with van der Waals surface area (Å²) in [6.45, 7) is 3.80. The molecule has 1 aromatic heterocycles. The molecule has 11 heteroatoms. The summed E-state index contributed by atoms with van der Waals surface area (Å²) in [6.07, 6.45) is -2.11. The topological polar surface area (TPSA) is 70.8 Å². The zero-order chi connectivity index (χ0) is 23.9. The number of aromatic nitrogens is 1. The predicted molar refractivity (Wildman–Crippen MR) is 117 cm³/mol. The van der Waals surface area contributed by atoms with Gasteiger partial charge >= 0.3 is 6.18 Å². The van der Waals surface area contributed by atoms with Crippen molar-refractivity contribution in [2.75, 3.05) is 54.5 Å². The fourth-order valence-electron chi connectivity index (χ4n) is 4.84. The van der Waals surface area contributed by atoms with Crippen molar-refractivity contribution in [1.82, 2.24) is 4.98 Å². The van der Waals surface area contributed by atoms with Gasteiger partial charge in [0.15, 0.2) is 5.69 Å². The molecular formula is C23H26F4N4O3. The molecule has 3 aliphatic rings. The van der Waals surface area contributed by atoms with Crippen LogP contribution in [0.3, 0.4) is 0 Å². The van der Waals surface area contributed by atoms with Gasteiger partial charge in [0.05, 0.1) is 18.9 Å². The number of amides is 1. The van der Waals surface area contributed by atoms with Crippen LogP contribution in [0.4, 0.5) is 35.0 Å². The van der Waals surface area contributed by atoms with Crippen molar-refractivity contribution in [3.05, 3.63) is 35.5 Å². The van der Waals surface area contributed by atoms with Crippen LogP contribution in [0.2, 0.25) is 0 Å². The zero-order valence-electron chi connectivity index (χ0n) is 18.6. The summed E-state index contributed by atoms with van der Waals surface area (Å²) in [6, 6.07) is 4.27. The number of hydrogen-bond acceptors (Lipinski definition) is 6. The Bertz CT molecular complexity index is 1060. The molecule has 5 rings (SSSR count). The van der Waals surface area contributed by atoms with Crippen LogP contribution in [0.5, 0.6) is 0 Å². The number of oxazole rings is 1. The van der Waals surface area contributed by atoms with Crippen LogP contribution < -0.4 is 15.1 Å². The fourth-order valence-corrected chi connectivity index (χ4v) is 4.84. The first kappa shape index (κ1) is 22.9. The lowest BCUT2D eigenvalue weighted by Crippen LogP contribution is -2.44. The number of halogens is 4. The van der Waals surface area contributed by atoms with E-state index >= 15 is 0 Å². The number of nitrogens with zero attached hydrogens (tertiary/aromatic N) is 3. The van der Waals surface area contributed by atoms with E-state index < -0.39 is 35.8 Å². The van der Waals surface area contributed by atoms with Crippen molar-refractivity contribution in [1.29, 1.82) is 0 Å². The molecule has 3 aliphatic heterocycles. The number of benzene rings is 1. The second kappa shape index (κ2) is 8.75. The summed E-state index contributed by atoms with van der Waals surface area (Å²) in [5, 5.41) is 2.47. The zero-order valence-corrected chi connectivity index (χ0v) is 18.6. The number of anilines is 3. The third kappa shape index (κ3) is 4.70. The van der Waals surface area contributed by atoms with E-state index in [0.29, 0.717) is 32.0 Å². The minimum absolute atomic E-state index is 0.0141. The number of carbonyl (C=O) groups is 1. The van der Waals surface area contributed by atoms with Gasteiger partial charge in [-0.2, -0.15) is 18.2 Å². The average Bonchev–Trinajstić information content (AvgIpc) is 3.38. The third-order valence-electron chi connectivity index (χ3n) is 6.69. The Hall–Kier alpha value is -2.82. The van der Waals surface area contributed by atoms with Gasteiger partial charge in [0.25, 0.3) is 11.9 Å². The first-order valence-corrected chi connectivity index (χ1v) is 11.5. The van der Waals surface area contributed by atoms with E-state index in [1.807, 2.05) is 4.90 Å². The molecule has 1 spiro atoms. The van der Waals surface area contributed by atoms with E-state index in [9.17, 15) is 22.4 Å². The van der Waals surface area contributed by atoms with Gasteiger partial charge in [-0.25, -0.2) is 4.39 Å². The fraction of sp³-hybridized carbons (Fsp3) is 0.565. The van der Waals surface area contributed by atoms with Crippen molar-refractivity contribution in [3.8, 4) is 0 Å². The van der Waals surface area contributed by atoms with Crippen LogP contribution >= 0.6 is 0 Å². The minimum atomic E-state index is -4.58. The van der Waals surface area contributed by atoms with Gasteiger partial charge in [0, 0.05) is 37.3 Å². The van der Waals surface area contributed by atoms with Crippen molar-refractivity contribution in [2.45, 2.75) is 38.3 Å². The van der Waals surface area contributed by atoms with E-state index in [1.54, 1.807) is 11.0 Å². The molecule has 1 N–H and O–H groups in total. The summed E-state index contributed by atoms with van der Waals surface area (Å²) in [5.74, 6) is -1.93. The quantitative estimate of drug-likeness (QED) is 0.638. The Morgan fingerprint density at radius 3 is 2.50 bits per heavy atom. The monoisotopic (exact) mass is 482 g/mol. The van der Waals surface area contributed by atoms with Crippen molar-refractivity contribution >= 4 is 23.3 Å². The molecule has 7 nitrogen and oxygen atoms in total. The number of carbonyl (C=O) groups excluding carboxylic acids is 1. The van der Waals surface area contributed by atoms with Gasteiger partial charge in [-0.3, -0.25) is 4.79 Å². The standard InChI is InChI=1S/C23H26F4N4O3/c24-16-10-15(4-5-17(16)30-7-2-1-3-8-30)28-20(32)19-18(11-23(25,26)27)34-21(29-19)31-9-6-22(12-31)13-33-14-22/h4-5,10H,1-3,6-9,11-14H2,(H,28,32). The van der Waals surface area contributed by atoms with Crippen LogP contribution in [-0.2, 0) is 11.2 Å². The lowest BCUT2D eigenvalue weighted by Gasteiger charge is -2.37. The number of nitrogens with one attached hydrogen (secondary N) is 1.